The highest BCUT2D eigenvalue weighted by Crippen LogP contribution is 2.34. The van der Waals surface area contributed by atoms with Gasteiger partial charge in [-0.3, -0.25) is 19.3 Å². The molecular formula is C27H24FN3O3S. The summed E-state index contributed by atoms with van der Waals surface area (Å²) in [6.45, 7) is 4.46. The molecule has 2 aliphatic rings. The molecule has 8 heteroatoms. The number of hydrogen-bond donors (Lipinski definition) is 0. The summed E-state index contributed by atoms with van der Waals surface area (Å²) in [6, 6.07) is 16.3. The van der Waals surface area contributed by atoms with Crippen molar-refractivity contribution < 1.29 is 18.8 Å². The van der Waals surface area contributed by atoms with Crippen molar-refractivity contribution in [3.8, 4) is 5.69 Å². The standard InChI is InChI=1S/C27H24FN3O3S/c1-17-13-21(18(2)31(17)23-10-6-5-9-22(23)28)14-24-26(33)30(27(34)35-24)16-25(32)29-12-11-19-7-3-4-8-20(19)15-29/h3-10,13-14H,11-12,15-16H2,1-2H3/b24-14-. The van der Waals surface area contributed by atoms with E-state index >= 15 is 0 Å². The van der Waals surface area contributed by atoms with Crippen LogP contribution in [0.4, 0.5) is 9.18 Å². The van der Waals surface area contributed by atoms with Gasteiger partial charge in [0, 0.05) is 24.5 Å². The van der Waals surface area contributed by atoms with E-state index in [4.69, 9.17) is 0 Å². The molecule has 1 aromatic heterocycles. The van der Waals surface area contributed by atoms with Gasteiger partial charge < -0.3 is 9.47 Å². The molecule has 1 saturated heterocycles. The van der Waals surface area contributed by atoms with Crippen LogP contribution >= 0.6 is 11.8 Å². The second kappa shape index (κ2) is 9.19. The van der Waals surface area contributed by atoms with Gasteiger partial charge in [0.15, 0.2) is 0 Å². The number of aryl methyl sites for hydroxylation is 1. The molecule has 35 heavy (non-hydrogen) atoms. The Morgan fingerprint density at radius 3 is 2.54 bits per heavy atom. The van der Waals surface area contributed by atoms with Gasteiger partial charge in [-0.15, -0.1) is 0 Å². The largest absolute Gasteiger partial charge is 0.336 e. The molecule has 178 valence electrons. The Balaban J connectivity index is 1.34. The Morgan fingerprint density at radius 1 is 1.06 bits per heavy atom. The van der Waals surface area contributed by atoms with E-state index in [0.29, 0.717) is 18.8 Å². The lowest BCUT2D eigenvalue weighted by Gasteiger charge is -2.29. The first-order chi connectivity index (χ1) is 16.8. The number of aromatic nitrogens is 1. The van der Waals surface area contributed by atoms with Gasteiger partial charge in [0.25, 0.3) is 11.1 Å². The van der Waals surface area contributed by atoms with Crippen LogP contribution in [0.15, 0.2) is 59.5 Å². The Hall–Kier alpha value is -3.65. The van der Waals surface area contributed by atoms with E-state index in [1.54, 1.807) is 33.7 Å². The first-order valence-corrected chi connectivity index (χ1v) is 12.2. The number of carbonyl (C=O) groups is 3. The summed E-state index contributed by atoms with van der Waals surface area (Å²) in [4.78, 5) is 41.5. The van der Waals surface area contributed by atoms with Crippen molar-refractivity contribution in [1.82, 2.24) is 14.4 Å². The van der Waals surface area contributed by atoms with Gasteiger partial charge in [-0.05, 0) is 73.0 Å². The predicted octanol–water partition coefficient (Wildman–Crippen LogP) is 4.85. The lowest BCUT2D eigenvalue weighted by atomic mass is 10.00. The van der Waals surface area contributed by atoms with Crippen LogP contribution in [0.3, 0.4) is 0 Å². The third-order valence-electron chi connectivity index (χ3n) is 6.50. The molecule has 3 aromatic rings. The Bertz CT molecular complexity index is 1390. The number of fused-ring (bicyclic) bond motifs is 1. The molecule has 0 radical (unpaired) electrons. The summed E-state index contributed by atoms with van der Waals surface area (Å²) in [5, 5.41) is -0.463. The molecule has 0 atom stereocenters. The SMILES string of the molecule is Cc1cc(/C=C2\SC(=O)N(CC(=O)N3CCc4ccccc4C3)C2=O)c(C)n1-c1ccccc1F. The fraction of sp³-hybridized carbons (Fsp3) is 0.222. The lowest BCUT2D eigenvalue weighted by molar-refractivity contribution is -0.136. The average molecular weight is 490 g/mol. The quantitative estimate of drug-likeness (QED) is 0.492. The van der Waals surface area contributed by atoms with E-state index in [-0.39, 0.29) is 23.2 Å². The predicted molar refractivity (Wildman–Crippen MR) is 133 cm³/mol. The van der Waals surface area contributed by atoms with Crippen molar-refractivity contribution in [3.63, 3.8) is 0 Å². The first-order valence-electron chi connectivity index (χ1n) is 11.4. The van der Waals surface area contributed by atoms with Gasteiger partial charge in [-0.2, -0.15) is 0 Å². The minimum atomic E-state index is -0.485. The molecule has 6 nitrogen and oxygen atoms in total. The molecule has 1 fully saturated rings. The van der Waals surface area contributed by atoms with Gasteiger partial charge in [0.1, 0.15) is 12.4 Å². The van der Waals surface area contributed by atoms with Crippen molar-refractivity contribution in [2.75, 3.05) is 13.1 Å². The highest BCUT2D eigenvalue weighted by atomic mass is 32.2. The van der Waals surface area contributed by atoms with E-state index in [2.05, 4.69) is 6.07 Å². The fourth-order valence-corrected chi connectivity index (χ4v) is 5.49. The fourth-order valence-electron chi connectivity index (χ4n) is 4.66. The summed E-state index contributed by atoms with van der Waals surface area (Å²) in [6.07, 6.45) is 2.40. The van der Waals surface area contributed by atoms with Gasteiger partial charge in [0.05, 0.1) is 10.6 Å². The lowest BCUT2D eigenvalue weighted by Crippen LogP contribution is -2.44. The second-order valence-corrected chi connectivity index (χ2v) is 9.71. The molecule has 0 N–H and O–H groups in total. The average Bonchev–Trinajstić information content (AvgIpc) is 3.28. The first kappa shape index (κ1) is 23.1. The minimum absolute atomic E-state index is 0.249. The molecule has 5 rings (SSSR count). The van der Waals surface area contributed by atoms with Gasteiger partial charge in [-0.25, -0.2) is 4.39 Å². The zero-order valence-electron chi connectivity index (χ0n) is 19.5. The van der Waals surface area contributed by atoms with Crippen molar-refractivity contribution in [1.29, 1.82) is 0 Å². The number of nitrogens with zero attached hydrogens (tertiary/aromatic N) is 3. The van der Waals surface area contributed by atoms with Crippen molar-refractivity contribution in [3.05, 3.63) is 93.4 Å². The molecule has 3 amide bonds. The monoisotopic (exact) mass is 489 g/mol. The number of halogens is 1. The van der Waals surface area contributed by atoms with E-state index in [0.717, 1.165) is 45.6 Å². The van der Waals surface area contributed by atoms with E-state index in [1.165, 1.54) is 11.6 Å². The molecule has 3 heterocycles. The van der Waals surface area contributed by atoms with Crippen LogP contribution in [0.5, 0.6) is 0 Å². The molecule has 0 spiro atoms. The van der Waals surface area contributed by atoms with Crippen LogP contribution < -0.4 is 0 Å². The Kier molecular flexibility index (Phi) is 6.06. The molecular weight excluding hydrogens is 465 g/mol. The van der Waals surface area contributed by atoms with E-state index in [9.17, 15) is 18.8 Å². The molecule has 2 aromatic carbocycles. The zero-order valence-corrected chi connectivity index (χ0v) is 20.3. The maximum absolute atomic E-state index is 14.4. The number of benzene rings is 2. The van der Waals surface area contributed by atoms with Crippen LogP contribution in [0.1, 0.15) is 28.1 Å². The molecule has 0 aliphatic carbocycles. The summed E-state index contributed by atoms with van der Waals surface area (Å²) < 4.78 is 16.2. The van der Waals surface area contributed by atoms with Gasteiger partial charge in [-0.1, -0.05) is 36.4 Å². The number of imide groups is 1. The topological polar surface area (TPSA) is 62.6 Å². The van der Waals surface area contributed by atoms with Crippen molar-refractivity contribution in [2.24, 2.45) is 0 Å². The molecule has 0 saturated carbocycles. The van der Waals surface area contributed by atoms with Crippen LogP contribution in [0.25, 0.3) is 11.8 Å². The van der Waals surface area contributed by atoms with Crippen LogP contribution in [0.2, 0.25) is 0 Å². The van der Waals surface area contributed by atoms with Gasteiger partial charge in [0.2, 0.25) is 5.91 Å². The maximum Gasteiger partial charge on any atom is 0.294 e. The molecule has 0 unspecified atom stereocenters. The molecule has 2 aliphatic heterocycles. The number of para-hydroxylation sites is 1. The second-order valence-electron chi connectivity index (χ2n) is 8.72. The summed E-state index contributed by atoms with van der Waals surface area (Å²) in [7, 11) is 0. The zero-order chi connectivity index (χ0) is 24.7. The number of carbonyl (C=O) groups excluding carboxylic acids is 3. The van der Waals surface area contributed by atoms with Crippen LogP contribution in [-0.4, -0.2) is 44.5 Å². The number of hydrogen-bond acceptors (Lipinski definition) is 4. The van der Waals surface area contributed by atoms with Crippen molar-refractivity contribution in [2.45, 2.75) is 26.8 Å². The Labute approximate surface area is 207 Å². The number of amides is 3. The number of thioether (sulfide) groups is 1. The summed E-state index contributed by atoms with van der Waals surface area (Å²) in [5.41, 5.74) is 5.00. The third-order valence-corrected chi connectivity index (χ3v) is 7.41. The summed E-state index contributed by atoms with van der Waals surface area (Å²) in [5.74, 6) is -1.08. The van der Waals surface area contributed by atoms with Crippen molar-refractivity contribution >= 4 is 34.9 Å². The smallest absolute Gasteiger partial charge is 0.294 e. The maximum atomic E-state index is 14.4. The van der Waals surface area contributed by atoms with E-state index < -0.39 is 11.1 Å². The minimum Gasteiger partial charge on any atom is -0.336 e. The van der Waals surface area contributed by atoms with Crippen LogP contribution in [0, 0.1) is 19.7 Å². The number of rotatable bonds is 4. The third kappa shape index (κ3) is 4.30. The van der Waals surface area contributed by atoms with Gasteiger partial charge >= 0.3 is 0 Å². The van der Waals surface area contributed by atoms with Crippen LogP contribution in [-0.2, 0) is 22.6 Å². The Morgan fingerprint density at radius 2 is 1.77 bits per heavy atom. The summed E-state index contributed by atoms with van der Waals surface area (Å²) >= 11 is 0.821. The highest BCUT2D eigenvalue weighted by Gasteiger charge is 2.37. The molecule has 0 bridgehead atoms. The highest BCUT2D eigenvalue weighted by molar-refractivity contribution is 8.18. The normalized spacial score (nSPS) is 16.8. The van der Waals surface area contributed by atoms with E-state index in [1.807, 2.05) is 38.1 Å².